The lowest BCUT2D eigenvalue weighted by molar-refractivity contribution is 0.102. The summed E-state index contributed by atoms with van der Waals surface area (Å²) in [5.41, 5.74) is 0.557. The number of nitrogens with one attached hydrogen (secondary N) is 1. The van der Waals surface area contributed by atoms with Gasteiger partial charge in [0.05, 0.1) is 9.79 Å². The predicted molar refractivity (Wildman–Crippen MR) is 103 cm³/mol. The molecule has 0 aliphatic carbocycles. The van der Waals surface area contributed by atoms with Gasteiger partial charge in [0.25, 0.3) is 5.91 Å². The van der Waals surface area contributed by atoms with Crippen molar-refractivity contribution in [1.82, 2.24) is 8.61 Å². The second kappa shape index (κ2) is 7.77. The van der Waals surface area contributed by atoms with E-state index in [1.54, 1.807) is 6.07 Å². The van der Waals surface area contributed by atoms with Crippen LogP contribution in [0.1, 0.15) is 10.4 Å². The van der Waals surface area contributed by atoms with E-state index < -0.39 is 26.0 Å². The molecule has 2 rings (SSSR count). The third-order valence-electron chi connectivity index (χ3n) is 3.77. The fraction of sp³-hybridized carbons (Fsp3) is 0.235. The lowest BCUT2D eigenvalue weighted by Crippen LogP contribution is -2.22. The standard InChI is InChI=1S/C17H21N3O5S2/c1-19(2)26(22,23)15-10-8-13(9-11-15)17(21)18-14-6-5-7-16(12-14)27(24,25)20(3)4/h5-12H,1-4H3,(H,18,21). The van der Waals surface area contributed by atoms with E-state index in [0.717, 1.165) is 8.61 Å². The van der Waals surface area contributed by atoms with Gasteiger partial charge in [0.1, 0.15) is 0 Å². The van der Waals surface area contributed by atoms with E-state index in [9.17, 15) is 21.6 Å². The van der Waals surface area contributed by atoms with Crippen molar-refractivity contribution in [3.05, 3.63) is 54.1 Å². The summed E-state index contributed by atoms with van der Waals surface area (Å²) < 4.78 is 50.6. The summed E-state index contributed by atoms with van der Waals surface area (Å²) in [7, 11) is -1.51. The van der Waals surface area contributed by atoms with Crippen LogP contribution in [0, 0.1) is 0 Å². The van der Waals surface area contributed by atoms with Crippen LogP contribution in [0.5, 0.6) is 0 Å². The molecule has 27 heavy (non-hydrogen) atoms. The first-order valence-corrected chi connectivity index (χ1v) is 10.7. The Kier molecular flexibility index (Phi) is 6.05. The molecular weight excluding hydrogens is 390 g/mol. The van der Waals surface area contributed by atoms with Crippen molar-refractivity contribution in [3.8, 4) is 0 Å². The van der Waals surface area contributed by atoms with Gasteiger partial charge in [-0.1, -0.05) is 6.07 Å². The van der Waals surface area contributed by atoms with Crippen LogP contribution in [0.4, 0.5) is 5.69 Å². The van der Waals surface area contributed by atoms with Crippen LogP contribution in [0.15, 0.2) is 58.3 Å². The SMILES string of the molecule is CN(C)S(=O)(=O)c1ccc(C(=O)Nc2cccc(S(=O)(=O)N(C)C)c2)cc1. The van der Waals surface area contributed by atoms with Gasteiger partial charge in [0.15, 0.2) is 0 Å². The second-order valence-corrected chi connectivity index (χ2v) is 10.4. The minimum Gasteiger partial charge on any atom is -0.322 e. The first-order chi connectivity index (χ1) is 12.5. The summed E-state index contributed by atoms with van der Waals surface area (Å²) in [5.74, 6) is -0.483. The minimum absolute atomic E-state index is 0.0534. The molecule has 0 spiro atoms. The molecule has 2 aromatic rings. The van der Waals surface area contributed by atoms with E-state index in [-0.39, 0.29) is 15.4 Å². The number of carbonyl (C=O) groups is 1. The molecule has 2 aromatic carbocycles. The molecule has 0 aliphatic heterocycles. The zero-order valence-corrected chi connectivity index (χ0v) is 17.0. The van der Waals surface area contributed by atoms with Crippen LogP contribution < -0.4 is 5.32 Å². The average Bonchev–Trinajstić information content (AvgIpc) is 2.61. The van der Waals surface area contributed by atoms with E-state index in [1.165, 1.54) is 70.7 Å². The van der Waals surface area contributed by atoms with Crippen molar-refractivity contribution in [2.75, 3.05) is 33.5 Å². The largest absolute Gasteiger partial charge is 0.322 e. The molecule has 146 valence electrons. The summed E-state index contributed by atoms with van der Waals surface area (Å²) in [5, 5.41) is 2.61. The van der Waals surface area contributed by atoms with Crippen molar-refractivity contribution >= 4 is 31.6 Å². The van der Waals surface area contributed by atoms with Gasteiger partial charge in [0, 0.05) is 39.4 Å². The van der Waals surface area contributed by atoms with Gasteiger partial charge in [-0.25, -0.2) is 25.4 Å². The molecule has 0 radical (unpaired) electrons. The molecule has 0 atom stereocenters. The summed E-state index contributed by atoms with van der Waals surface area (Å²) in [6, 6.07) is 11.4. The van der Waals surface area contributed by atoms with E-state index in [1.807, 2.05) is 0 Å². The van der Waals surface area contributed by atoms with Crippen LogP contribution in [0.2, 0.25) is 0 Å². The van der Waals surface area contributed by atoms with Gasteiger partial charge in [-0.05, 0) is 42.5 Å². The smallest absolute Gasteiger partial charge is 0.255 e. The van der Waals surface area contributed by atoms with E-state index in [2.05, 4.69) is 5.32 Å². The highest BCUT2D eigenvalue weighted by molar-refractivity contribution is 7.89. The summed E-state index contributed by atoms with van der Waals surface area (Å²) in [6.07, 6.45) is 0. The minimum atomic E-state index is -3.62. The monoisotopic (exact) mass is 411 g/mol. The molecule has 0 saturated heterocycles. The van der Waals surface area contributed by atoms with E-state index in [0.29, 0.717) is 5.69 Å². The Morgan fingerprint density at radius 2 is 1.30 bits per heavy atom. The Bertz CT molecular complexity index is 1040. The van der Waals surface area contributed by atoms with Crippen LogP contribution in [0.3, 0.4) is 0 Å². The Hall–Kier alpha value is -2.27. The molecule has 0 aromatic heterocycles. The summed E-state index contributed by atoms with van der Waals surface area (Å²) in [6.45, 7) is 0. The zero-order chi connectivity index (χ0) is 20.4. The number of rotatable bonds is 6. The molecule has 0 fully saturated rings. The summed E-state index contributed by atoms with van der Waals surface area (Å²) in [4.78, 5) is 12.5. The van der Waals surface area contributed by atoms with E-state index >= 15 is 0 Å². The van der Waals surface area contributed by atoms with E-state index in [4.69, 9.17) is 0 Å². The number of sulfonamides is 2. The fourth-order valence-electron chi connectivity index (χ4n) is 2.14. The fourth-order valence-corrected chi connectivity index (χ4v) is 3.99. The predicted octanol–water partition coefficient (Wildman–Crippen LogP) is 1.44. The molecular formula is C17H21N3O5S2. The Morgan fingerprint density at radius 1 is 0.778 bits per heavy atom. The highest BCUT2D eigenvalue weighted by atomic mass is 32.2. The molecule has 0 unspecified atom stereocenters. The van der Waals surface area contributed by atoms with Crippen LogP contribution in [-0.2, 0) is 20.0 Å². The van der Waals surface area contributed by atoms with Crippen molar-refractivity contribution in [3.63, 3.8) is 0 Å². The topological polar surface area (TPSA) is 104 Å². The molecule has 0 saturated carbocycles. The number of anilines is 1. The van der Waals surface area contributed by atoms with Crippen molar-refractivity contribution in [2.24, 2.45) is 0 Å². The van der Waals surface area contributed by atoms with Gasteiger partial charge in [-0.2, -0.15) is 0 Å². The van der Waals surface area contributed by atoms with Gasteiger partial charge >= 0.3 is 0 Å². The average molecular weight is 412 g/mol. The van der Waals surface area contributed by atoms with Crippen molar-refractivity contribution in [1.29, 1.82) is 0 Å². The van der Waals surface area contributed by atoms with Gasteiger partial charge in [-0.3, -0.25) is 4.79 Å². The maximum atomic E-state index is 12.4. The highest BCUT2D eigenvalue weighted by Crippen LogP contribution is 2.19. The Morgan fingerprint density at radius 3 is 1.81 bits per heavy atom. The molecule has 0 aliphatic rings. The molecule has 1 N–H and O–H groups in total. The number of carbonyl (C=O) groups excluding carboxylic acids is 1. The van der Waals surface area contributed by atoms with Gasteiger partial charge < -0.3 is 5.32 Å². The maximum Gasteiger partial charge on any atom is 0.255 e. The molecule has 0 heterocycles. The Labute approximate surface area is 159 Å². The normalized spacial score (nSPS) is 12.4. The van der Waals surface area contributed by atoms with Gasteiger partial charge in [-0.15, -0.1) is 0 Å². The van der Waals surface area contributed by atoms with Crippen LogP contribution >= 0.6 is 0 Å². The third-order valence-corrected chi connectivity index (χ3v) is 7.41. The number of hydrogen-bond acceptors (Lipinski definition) is 5. The first-order valence-electron chi connectivity index (χ1n) is 7.83. The van der Waals surface area contributed by atoms with Crippen molar-refractivity contribution in [2.45, 2.75) is 9.79 Å². The van der Waals surface area contributed by atoms with Crippen LogP contribution in [-0.4, -0.2) is 59.5 Å². The maximum absolute atomic E-state index is 12.4. The zero-order valence-electron chi connectivity index (χ0n) is 15.4. The van der Waals surface area contributed by atoms with Gasteiger partial charge in [0.2, 0.25) is 20.0 Å². The molecule has 0 bridgehead atoms. The number of amides is 1. The number of nitrogens with zero attached hydrogens (tertiary/aromatic N) is 2. The lowest BCUT2D eigenvalue weighted by Gasteiger charge is -2.13. The quantitative estimate of drug-likeness (QED) is 0.775. The third kappa shape index (κ3) is 4.53. The number of hydrogen-bond donors (Lipinski definition) is 1. The molecule has 10 heteroatoms. The number of benzene rings is 2. The molecule has 1 amide bonds. The van der Waals surface area contributed by atoms with Crippen molar-refractivity contribution < 1.29 is 21.6 Å². The molecule has 8 nitrogen and oxygen atoms in total. The summed E-state index contributed by atoms with van der Waals surface area (Å²) >= 11 is 0. The first kappa shape index (κ1) is 21.0. The lowest BCUT2D eigenvalue weighted by atomic mass is 10.2. The Balaban J connectivity index is 2.24. The highest BCUT2D eigenvalue weighted by Gasteiger charge is 2.19. The second-order valence-electron chi connectivity index (χ2n) is 6.08. The van der Waals surface area contributed by atoms with Crippen LogP contribution in [0.25, 0.3) is 0 Å².